The maximum atomic E-state index is 3.87. The number of hydrogen-bond donors (Lipinski definition) is 0. The Balaban J connectivity index is 0.00000139. The van der Waals surface area contributed by atoms with Gasteiger partial charge in [0.1, 0.15) is 0 Å². The van der Waals surface area contributed by atoms with Crippen LogP contribution in [0.15, 0.2) is 71.9 Å². The molecule has 0 saturated carbocycles. The zero-order chi connectivity index (χ0) is 17.9. The highest BCUT2D eigenvalue weighted by atomic mass is 79.9. The van der Waals surface area contributed by atoms with E-state index in [4.69, 9.17) is 0 Å². The van der Waals surface area contributed by atoms with Crippen molar-refractivity contribution in [1.29, 1.82) is 0 Å². The van der Waals surface area contributed by atoms with E-state index in [9.17, 15) is 0 Å². The van der Waals surface area contributed by atoms with Gasteiger partial charge in [0.05, 0.1) is 0 Å². The Morgan fingerprint density at radius 1 is 1.08 bits per heavy atom. The lowest BCUT2D eigenvalue weighted by molar-refractivity contribution is 1.06. The van der Waals surface area contributed by atoms with Crippen LogP contribution in [-0.4, -0.2) is 4.57 Å². The summed E-state index contributed by atoms with van der Waals surface area (Å²) in [6, 6.07) is 10.4. The van der Waals surface area contributed by atoms with Crippen LogP contribution in [0.5, 0.6) is 0 Å². The zero-order valence-electron chi connectivity index (χ0n) is 15.0. The van der Waals surface area contributed by atoms with Crippen LogP contribution in [-0.2, 0) is 0 Å². The number of allylic oxidation sites excluding steroid dienone is 5. The van der Waals surface area contributed by atoms with Crippen LogP contribution in [0.4, 0.5) is 0 Å². The molecule has 24 heavy (non-hydrogen) atoms. The predicted octanol–water partition coefficient (Wildman–Crippen LogP) is 7.32. The van der Waals surface area contributed by atoms with Crippen molar-refractivity contribution in [2.24, 2.45) is 0 Å². The fourth-order valence-electron chi connectivity index (χ4n) is 2.25. The van der Waals surface area contributed by atoms with Crippen LogP contribution in [0.3, 0.4) is 0 Å². The van der Waals surface area contributed by atoms with Crippen LogP contribution < -0.4 is 0 Å². The molecule has 0 amide bonds. The van der Waals surface area contributed by atoms with E-state index in [0.717, 1.165) is 15.9 Å². The largest absolute Gasteiger partial charge is 0.316 e. The first-order chi connectivity index (χ1) is 11.6. The SMILES string of the molecule is C=C(Br)/C=C\c1c(C)c(/C=C\C=C/C)cn1-c1ccccc1.CC. The summed E-state index contributed by atoms with van der Waals surface area (Å²) in [5.74, 6) is 0. The predicted molar refractivity (Wildman–Crippen MR) is 113 cm³/mol. The molecule has 0 saturated heterocycles. The summed E-state index contributed by atoms with van der Waals surface area (Å²) in [6.07, 6.45) is 14.5. The Bertz CT molecular complexity index is 731. The summed E-state index contributed by atoms with van der Waals surface area (Å²) in [5.41, 5.74) is 4.76. The van der Waals surface area contributed by atoms with Crippen molar-refractivity contribution < 1.29 is 0 Å². The molecule has 0 fully saturated rings. The summed E-state index contributed by atoms with van der Waals surface area (Å²) >= 11 is 3.38. The number of nitrogens with zero attached hydrogens (tertiary/aromatic N) is 1. The molecule has 2 heteroatoms. The normalized spacial score (nSPS) is 11.2. The summed E-state index contributed by atoms with van der Waals surface area (Å²) in [6.45, 7) is 12.0. The molecule has 0 aliphatic heterocycles. The Morgan fingerprint density at radius 3 is 2.33 bits per heavy atom. The second kappa shape index (κ2) is 10.7. The number of halogens is 1. The van der Waals surface area contributed by atoms with Crippen molar-refractivity contribution >= 4 is 28.1 Å². The van der Waals surface area contributed by atoms with Gasteiger partial charge < -0.3 is 4.57 Å². The van der Waals surface area contributed by atoms with Crippen molar-refractivity contribution in [3.63, 3.8) is 0 Å². The second-order valence-corrected chi connectivity index (χ2v) is 5.98. The lowest BCUT2D eigenvalue weighted by Crippen LogP contribution is -1.94. The van der Waals surface area contributed by atoms with Crippen LogP contribution in [0, 0.1) is 6.92 Å². The van der Waals surface area contributed by atoms with Crippen LogP contribution in [0.2, 0.25) is 0 Å². The molecule has 0 spiro atoms. The summed E-state index contributed by atoms with van der Waals surface area (Å²) in [4.78, 5) is 0. The fourth-order valence-corrected chi connectivity index (χ4v) is 2.38. The van der Waals surface area contributed by atoms with Gasteiger partial charge in [-0.3, -0.25) is 0 Å². The monoisotopic (exact) mass is 383 g/mol. The highest BCUT2D eigenvalue weighted by molar-refractivity contribution is 9.11. The zero-order valence-corrected chi connectivity index (χ0v) is 16.5. The fraction of sp³-hybridized carbons (Fsp3) is 0.182. The minimum atomic E-state index is 0.860. The van der Waals surface area contributed by atoms with E-state index in [0.29, 0.717) is 0 Å². The number of rotatable bonds is 5. The highest BCUT2D eigenvalue weighted by Crippen LogP contribution is 2.24. The van der Waals surface area contributed by atoms with Gasteiger partial charge in [0.25, 0.3) is 0 Å². The minimum absolute atomic E-state index is 0.860. The van der Waals surface area contributed by atoms with Gasteiger partial charge in [-0.1, -0.05) is 78.9 Å². The summed E-state index contributed by atoms with van der Waals surface area (Å²) in [7, 11) is 0. The molecule has 1 heterocycles. The maximum absolute atomic E-state index is 3.87. The minimum Gasteiger partial charge on any atom is -0.316 e. The molecule has 1 nitrogen and oxygen atoms in total. The molecule has 0 bridgehead atoms. The summed E-state index contributed by atoms with van der Waals surface area (Å²) < 4.78 is 3.07. The van der Waals surface area contributed by atoms with Gasteiger partial charge in [0.15, 0.2) is 0 Å². The van der Waals surface area contributed by atoms with Crippen molar-refractivity contribution in [2.75, 3.05) is 0 Å². The molecule has 2 aromatic rings. The van der Waals surface area contributed by atoms with E-state index in [1.165, 1.54) is 11.1 Å². The standard InChI is InChI=1S/C20H20BrN.C2H6/c1-4-5-7-10-18-15-22(19-11-8-6-9-12-19)20(17(18)3)14-13-16(2)21;1-2/h4-15H,2H2,1,3H3;1-2H3/b5-4-,10-7-,14-13-;. The Hall–Kier alpha value is -2.06. The van der Waals surface area contributed by atoms with Crippen molar-refractivity contribution in [2.45, 2.75) is 27.7 Å². The smallest absolute Gasteiger partial charge is 0.0491 e. The molecule has 0 aliphatic rings. The van der Waals surface area contributed by atoms with E-state index < -0.39 is 0 Å². The molecule has 0 radical (unpaired) electrons. The first-order valence-electron chi connectivity index (χ1n) is 8.22. The van der Waals surface area contributed by atoms with Gasteiger partial charge >= 0.3 is 0 Å². The van der Waals surface area contributed by atoms with Crippen molar-refractivity contribution in [1.82, 2.24) is 4.57 Å². The molecular weight excluding hydrogens is 358 g/mol. The molecule has 126 valence electrons. The van der Waals surface area contributed by atoms with Gasteiger partial charge in [-0.2, -0.15) is 0 Å². The highest BCUT2D eigenvalue weighted by Gasteiger charge is 2.09. The lowest BCUT2D eigenvalue weighted by Gasteiger charge is -2.06. The average molecular weight is 384 g/mol. The van der Waals surface area contributed by atoms with E-state index >= 15 is 0 Å². The van der Waals surface area contributed by atoms with Crippen LogP contribution in [0.1, 0.15) is 37.6 Å². The van der Waals surface area contributed by atoms with Crippen molar-refractivity contribution in [3.05, 3.63) is 88.7 Å². The molecule has 1 aromatic carbocycles. The molecule has 1 aromatic heterocycles. The molecule has 0 N–H and O–H groups in total. The van der Waals surface area contributed by atoms with Gasteiger partial charge in [-0.25, -0.2) is 0 Å². The van der Waals surface area contributed by atoms with Gasteiger partial charge in [0, 0.05) is 22.1 Å². The Morgan fingerprint density at radius 2 is 1.75 bits per heavy atom. The van der Waals surface area contributed by atoms with E-state index in [1.807, 2.05) is 45.1 Å². The molecule has 0 unspecified atom stereocenters. The third kappa shape index (κ3) is 5.54. The Kier molecular flexibility index (Phi) is 8.88. The second-order valence-electron chi connectivity index (χ2n) is 4.97. The first-order valence-corrected chi connectivity index (χ1v) is 9.02. The first kappa shape index (κ1) is 20.0. The average Bonchev–Trinajstić information content (AvgIpc) is 2.92. The number of aromatic nitrogens is 1. The summed E-state index contributed by atoms with van der Waals surface area (Å²) in [5, 5.41) is 0. The number of para-hydroxylation sites is 1. The van der Waals surface area contributed by atoms with Gasteiger partial charge in [0.2, 0.25) is 0 Å². The van der Waals surface area contributed by atoms with Crippen LogP contribution in [0.25, 0.3) is 17.8 Å². The number of hydrogen-bond acceptors (Lipinski definition) is 0. The Labute approximate surface area is 154 Å². The maximum Gasteiger partial charge on any atom is 0.0491 e. The van der Waals surface area contributed by atoms with Gasteiger partial charge in [-0.15, -0.1) is 0 Å². The molecule has 0 aliphatic carbocycles. The van der Waals surface area contributed by atoms with Gasteiger partial charge in [-0.05, 0) is 49.3 Å². The van der Waals surface area contributed by atoms with Crippen LogP contribution >= 0.6 is 15.9 Å². The number of benzene rings is 1. The quantitative estimate of drug-likeness (QED) is 0.476. The topological polar surface area (TPSA) is 4.93 Å². The third-order valence-corrected chi connectivity index (χ3v) is 3.65. The van der Waals surface area contributed by atoms with E-state index in [1.54, 1.807) is 0 Å². The lowest BCUT2D eigenvalue weighted by atomic mass is 10.1. The molecule has 2 rings (SSSR count). The molecular formula is C22H26BrN. The third-order valence-electron chi connectivity index (χ3n) is 3.38. The van der Waals surface area contributed by atoms with Crippen molar-refractivity contribution in [3.8, 4) is 5.69 Å². The molecule has 0 atom stereocenters. The van der Waals surface area contributed by atoms with E-state index in [-0.39, 0.29) is 0 Å². The van der Waals surface area contributed by atoms with E-state index in [2.05, 4.69) is 82.7 Å².